The van der Waals surface area contributed by atoms with E-state index in [9.17, 15) is 13.6 Å². The SMILES string of the molecule is COc1ccc(-n2ccnc2SC(C)C(=O)Nc2ccccc2OC(F)F)cc1. The summed E-state index contributed by atoms with van der Waals surface area (Å²) < 4.78 is 36.5. The van der Waals surface area contributed by atoms with Crippen LogP contribution in [0.4, 0.5) is 14.5 Å². The Morgan fingerprint density at radius 2 is 1.90 bits per heavy atom. The zero-order valence-corrected chi connectivity index (χ0v) is 16.5. The number of amides is 1. The lowest BCUT2D eigenvalue weighted by Crippen LogP contribution is -2.23. The van der Waals surface area contributed by atoms with Gasteiger partial charge < -0.3 is 14.8 Å². The van der Waals surface area contributed by atoms with Crippen LogP contribution in [0.3, 0.4) is 0 Å². The van der Waals surface area contributed by atoms with Crippen LogP contribution in [0.25, 0.3) is 5.69 Å². The highest BCUT2D eigenvalue weighted by molar-refractivity contribution is 8.00. The number of rotatable bonds is 8. The highest BCUT2D eigenvalue weighted by Crippen LogP contribution is 2.29. The van der Waals surface area contributed by atoms with Crippen molar-refractivity contribution in [2.24, 2.45) is 0 Å². The predicted molar refractivity (Wildman–Crippen MR) is 107 cm³/mol. The first-order chi connectivity index (χ1) is 14.0. The fourth-order valence-electron chi connectivity index (χ4n) is 2.53. The number of hydrogen-bond acceptors (Lipinski definition) is 5. The molecule has 0 fully saturated rings. The molecule has 1 aromatic heterocycles. The van der Waals surface area contributed by atoms with Crippen LogP contribution in [-0.4, -0.2) is 34.4 Å². The molecule has 152 valence electrons. The maximum atomic E-state index is 12.6. The number of alkyl halides is 2. The second kappa shape index (κ2) is 9.42. The molecule has 1 N–H and O–H groups in total. The summed E-state index contributed by atoms with van der Waals surface area (Å²) in [6, 6.07) is 13.5. The van der Waals surface area contributed by atoms with Gasteiger partial charge in [0.1, 0.15) is 11.5 Å². The van der Waals surface area contributed by atoms with Crippen molar-refractivity contribution in [1.82, 2.24) is 9.55 Å². The van der Waals surface area contributed by atoms with Crippen molar-refractivity contribution in [1.29, 1.82) is 0 Å². The molecule has 0 aliphatic heterocycles. The van der Waals surface area contributed by atoms with Crippen LogP contribution in [-0.2, 0) is 4.79 Å². The van der Waals surface area contributed by atoms with Gasteiger partial charge in [-0.3, -0.25) is 9.36 Å². The molecule has 0 bridgehead atoms. The summed E-state index contributed by atoms with van der Waals surface area (Å²) in [6.07, 6.45) is 3.43. The molecule has 0 aliphatic rings. The Labute approximate surface area is 170 Å². The molecule has 0 aliphatic carbocycles. The minimum atomic E-state index is -2.98. The lowest BCUT2D eigenvalue weighted by molar-refractivity contribution is -0.115. The number of anilines is 1. The smallest absolute Gasteiger partial charge is 0.387 e. The summed E-state index contributed by atoms with van der Waals surface area (Å²) in [5.41, 5.74) is 1.05. The number of imidazole rings is 1. The molecule has 1 unspecified atom stereocenters. The van der Waals surface area contributed by atoms with Gasteiger partial charge in [-0.1, -0.05) is 23.9 Å². The first kappa shape index (κ1) is 20.7. The van der Waals surface area contributed by atoms with Gasteiger partial charge in [0.05, 0.1) is 18.0 Å². The Balaban J connectivity index is 1.70. The van der Waals surface area contributed by atoms with Crippen LogP contribution in [0.1, 0.15) is 6.92 Å². The number of ether oxygens (including phenoxy) is 2. The quantitative estimate of drug-likeness (QED) is 0.541. The number of methoxy groups -OCH3 is 1. The van der Waals surface area contributed by atoms with Gasteiger partial charge in [-0.05, 0) is 43.3 Å². The first-order valence-electron chi connectivity index (χ1n) is 8.67. The number of carbonyl (C=O) groups is 1. The Hall–Kier alpha value is -3.07. The summed E-state index contributed by atoms with van der Waals surface area (Å²) in [4.78, 5) is 16.9. The van der Waals surface area contributed by atoms with Crippen LogP contribution >= 0.6 is 11.8 Å². The second-order valence-electron chi connectivity index (χ2n) is 5.90. The van der Waals surface area contributed by atoms with E-state index in [0.717, 1.165) is 11.4 Å². The average Bonchev–Trinajstić information content (AvgIpc) is 3.17. The van der Waals surface area contributed by atoms with Crippen molar-refractivity contribution >= 4 is 23.4 Å². The number of nitrogens with one attached hydrogen (secondary N) is 1. The molecule has 9 heteroatoms. The monoisotopic (exact) mass is 419 g/mol. The highest BCUT2D eigenvalue weighted by atomic mass is 32.2. The molecule has 6 nitrogen and oxygen atoms in total. The molecule has 1 atom stereocenters. The molecular formula is C20H19F2N3O3S. The molecule has 3 rings (SSSR count). The van der Waals surface area contributed by atoms with Crippen molar-refractivity contribution < 1.29 is 23.0 Å². The minimum absolute atomic E-state index is 0.0900. The van der Waals surface area contributed by atoms with Crippen LogP contribution < -0.4 is 14.8 Å². The molecule has 2 aromatic carbocycles. The fourth-order valence-corrected chi connectivity index (χ4v) is 3.41. The van der Waals surface area contributed by atoms with Crippen molar-refractivity contribution in [2.45, 2.75) is 23.9 Å². The molecule has 1 amide bonds. The van der Waals surface area contributed by atoms with E-state index in [4.69, 9.17) is 4.74 Å². The van der Waals surface area contributed by atoms with Gasteiger partial charge in [-0.25, -0.2) is 4.98 Å². The van der Waals surface area contributed by atoms with Crippen LogP contribution in [0.2, 0.25) is 0 Å². The third-order valence-electron chi connectivity index (χ3n) is 3.97. The van der Waals surface area contributed by atoms with E-state index in [2.05, 4.69) is 15.0 Å². The van der Waals surface area contributed by atoms with Gasteiger partial charge >= 0.3 is 6.61 Å². The lowest BCUT2D eigenvalue weighted by atomic mass is 10.3. The van der Waals surface area contributed by atoms with E-state index in [1.54, 1.807) is 38.6 Å². The second-order valence-corrected chi connectivity index (χ2v) is 7.21. The third-order valence-corrected chi connectivity index (χ3v) is 5.05. The number of aromatic nitrogens is 2. The normalized spacial score (nSPS) is 11.9. The summed E-state index contributed by atoms with van der Waals surface area (Å²) in [5, 5.41) is 2.72. The number of nitrogens with zero attached hydrogens (tertiary/aromatic N) is 2. The summed E-state index contributed by atoms with van der Waals surface area (Å²) in [6.45, 7) is -1.26. The first-order valence-corrected chi connectivity index (χ1v) is 9.55. The molecule has 0 spiro atoms. The molecule has 0 radical (unpaired) electrons. The molecule has 29 heavy (non-hydrogen) atoms. The van der Waals surface area contributed by atoms with Gasteiger partial charge in [0.15, 0.2) is 5.16 Å². The molecule has 0 saturated carbocycles. The summed E-state index contributed by atoms with van der Waals surface area (Å²) in [7, 11) is 1.60. The van der Waals surface area contributed by atoms with Gasteiger partial charge in [0.2, 0.25) is 5.91 Å². The number of benzene rings is 2. The van der Waals surface area contributed by atoms with E-state index in [-0.39, 0.29) is 17.3 Å². The number of thioether (sulfide) groups is 1. The van der Waals surface area contributed by atoms with Crippen molar-refractivity contribution in [2.75, 3.05) is 12.4 Å². The van der Waals surface area contributed by atoms with Crippen molar-refractivity contribution in [3.05, 3.63) is 60.9 Å². The highest BCUT2D eigenvalue weighted by Gasteiger charge is 2.20. The van der Waals surface area contributed by atoms with Crippen molar-refractivity contribution in [3.63, 3.8) is 0 Å². The lowest BCUT2D eigenvalue weighted by Gasteiger charge is -2.15. The Morgan fingerprint density at radius 3 is 2.59 bits per heavy atom. The van der Waals surface area contributed by atoms with Crippen LogP contribution in [0.5, 0.6) is 11.5 Å². The average molecular weight is 419 g/mol. The summed E-state index contributed by atoms with van der Waals surface area (Å²) >= 11 is 1.25. The Kier molecular flexibility index (Phi) is 6.71. The van der Waals surface area contributed by atoms with Crippen LogP contribution in [0.15, 0.2) is 66.1 Å². The number of hydrogen-bond donors (Lipinski definition) is 1. The number of carbonyl (C=O) groups excluding carboxylic acids is 1. The maximum Gasteiger partial charge on any atom is 0.387 e. The molecule has 3 aromatic rings. The molecular weight excluding hydrogens is 400 g/mol. The third kappa shape index (κ3) is 5.26. The van der Waals surface area contributed by atoms with E-state index >= 15 is 0 Å². The zero-order chi connectivity index (χ0) is 20.8. The predicted octanol–water partition coefficient (Wildman–Crippen LogP) is 4.60. The van der Waals surface area contributed by atoms with Crippen LogP contribution in [0, 0.1) is 0 Å². The fraction of sp³-hybridized carbons (Fsp3) is 0.200. The van der Waals surface area contributed by atoms with Gasteiger partial charge in [-0.15, -0.1) is 0 Å². The maximum absolute atomic E-state index is 12.6. The largest absolute Gasteiger partial charge is 0.497 e. The molecule has 1 heterocycles. The minimum Gasteiger partial charge on any atom is -0.497 e. The van der Waals surface area contributed by atoms with Crippen molar-refractivity contribution in [3.8, 4) is 17.2 Å². The number of para-hydroxylation sites is 2. The molecule has 0 saturated heterocycles. The standard InChI is InChI=1S/C20H19F2N3O3S/c1-13(18(26)24-16-5-3-4-6-17(16)28-19(21)22)29-20-23-11-12-25(20)14-7-9-15(27-2)10-8-14/h3-13,19H,1-2H3,(H,24,26). The van der Waals surface area contributed by atoms with Gasteiger partial charge in [0, 0.05) is 18.1 Å². The van der Waals surface area contributed by atoms with E-state index < -0.39 is 11.9 Å². The van der Waals surface area contributed by atoms with Gasteiger partial charge in [0.25, 0.3) is 0 Å². The van der Waals surface area contributed by atoms with Gasteiger partial charge in [-0.2, -0.15) is 8.78 Å². The summed E-state index contributed by atoms with van der Waals surface area (Å²) in [5.74, 6) is 0.290. The Morgan fingerprint density at radius 1 is 1.17 bits per heavy atom. The van der Waals surface area contributed by atoms with E-state index in [0.29, 0.717) is 5.16 Å². The van der Waals surface area contributed by atoms with E-state index in [1.165, 1.54) is 23.9 Å². The number of halogens is 2. The Bertz CT molecular complexity index is 964. The topological polar surface area (TPSA) is 65.4 Å². The zero-order valence-electron chi connectivity index (χ0n) is 15.7. The van der Waals surface area contributed by atoms with E-state index in [1.807, 2.05) is 28.8 Å².